The molecule has 27 heavy (non-hydrogen) atoms. The number of rotatable bonds is 5. The van der Waals surface area contributed by atoms with Crippen LogP contribution in [0.1, 0.15) is 63.4 Å². The van der Waals surface area contributed by atoms with Crippen molar-refractivity contribution in [3.8, 4) is 0 Å². The molecular formula is C23H32F2O2. The monoisotopic (exact) mass is 378 g/mol. The summed E-state index contributed by atoms with van der Waals surface area (Å²) in [6.45, 7) is 1.53. The molecule has 4 heteroatoms. The Balaban J connectivity index is 1.17. The van der Waals surface area contributed by atoms with Gasteiger partial charge in [0.15, 0.2) is 17.9 Å². The van der Waals surface area contributed by atoms with Crippen molar-refractivity contribution in [1.29, 1.82) is 0 Å². The van der Waals surface area contributed by atoms with Crippen LogP contribution in [0.15, 0.2) is 18.2 Å². The largest absolute Gasteiger partial charge is 0.350 e. The lowest BCUT2D eigenvalue weighted by molar-refractivity contribution is -0.0973. The van der Waals surface area contributed by atoms with Gasteiger partial charge in [-0.3, -0.25) is 0 Å². The minimum atomic E-state index is -0.750. The third-order valence-electron chi connectivity index (χ3n) is 7.23. The maximum atomic E-state index is 13.3. The molecule has 1 aromatic carbocycles. The van der Waals surface area contributed by atoms with Crippen molar-refractivity contribution in [3.05, 3.63) is 35.4 Å². The molecule has 2 saturated carbocycles. The van der Waals surface area contributed by atoms with Crippen molar-refractivity contribution in [3.63, 3.8) is 0 Å². The molecule has 1 aliphatic heterocycles. The van der Waals surface area contributed by atoms with Crippen LogP contribution in [0, 0.1) is 35.3 Å². The molecule has 0 bridgehead atoms. The number of hydrogen-bond donors (Lipinski definition) is 0. The molecule has 0 unspecified atom stereocenters. The lowest BCUT2D eigenvalue weighted by Crippen LogP contribution is -2.30. The highest BCUT2D eigenvalue weighted by Crippen LogP contribution is 2.43. The fourth-order valence-electron chi connectivity index (χ4n) is 5.55. The van der Waals surface area contributed by atoms with Crippen molar-refractivity contribution in [1.82, 2.24) is 0 Å². The van der Waals surface area contributed by atoms with Crippen molar-refractivity contribution in [2.24, 2.45) is 23.7 Å². The Labute approximate surface area is 161 Å². The molecule has 1 saturated heterocycles. The Morgan fingerprint density at radius 1 is 0.741 bits per heavy atom. The smallest absolute Gasteiger partial charge is 0.160 e. The van der Waals surface area contributed by atoms with E-state index in [-0.39, 0.29) is 6.29 Å². The SMILES string of the molecule is Fc1ccc(CC[C@H]2CC[C@H]([C@H]3CC[C@H](C4OCCO4)CC3)CC2)cc1F. The van der Waals surface area contributed by atoms with E-state index in [1.165, 1.54) is 63.5 Å². The Morgan fingerprint density at radius 2 is 1.33 bits per heavy atom. The molecule has 2 aliphatic carbocycles. The molecule has 0 spiro atoms. The fourth-order valence-corrected chi connectivity index (χ4v) is 5.55. The van der Waals surface area contributed by atoms with Gasteiger partial charge in [0.2, 0.25) is 0 Å². The standard InChI is InChI=1S/C23H32F2O2/c24-21-12-5-17(15-22(21)25)2-1-16-3-6-18(7-4-16)19-8-10-20(11-9-19)23-26-13-14-27-23/h5,12,15-16,18-20,23H,1-4,6-11,13-14H2/t16-,18-,19-,20-. The van der Waals surface area contributed by atoms with Crippen LogP contribution < -0.4 is 0 Å². The first-order valence-corrected chi connectivity index (χ1v) is 10.9. The van der Waals surface area contributed by atoms with Gasteiger partial charge in [0.1, 0.15) is 0 Å². The summed E-state index contributed by atoms with van der Waals surface area (Å²) < 4.78 is 37.8. The van der Waals surface area contributed by atoms with E-state index in [4.69, 9.17) is 9.47 Å². The number of halogens is 2. The van der Waals surface area contributed by atoms with Gasteiger partial charge in [0, 0.05) is 5.92 Å². The second kappa shape index (κ2) is 9.00. The van der Waals surface area contributed by atoms with Gasteiger partial charge in [-0.2, -0.15) is 0 Å². The number of hydrogen-bond acceptors (Lipinski definition) is 2. The predicted octanol–water partition coefficient (Wildman–Crippen LogP) is 5.88. The zero-order valence-electron chi connectivity index (χ0n) is 16.2. The number of aryl methyl sites for hydroxylation is 1. The molecule has 0 atom stereocenters. The maximum absolute atomic E-state index is 13.3. The third-order valence-corrected chi connectivity index (χ3v) is 7.23. The summed E-state index contributed by atoms with van der Waals surface area (Å²) in [6, 6.07) is 4.33. The molecule has 3 fully saturated rings. The van der Waals surface area contributed by atoms with Gasteiger partial charge in [-0.15, -0.1) is 0 Å². The first-order chi connectivity index (χ1) is 13.2. The minimum Gasteiger partial charge on any atom is -0.350 e. The van der Waals surface area contributed by atoms with Gasteiger partial charge >= 0.3 is 0 Å². The van der Waals surface area contributed by atoms with Crippen molar-refractivity contribution < 1.29 is 18.3 Å². The van der Waals surface area contributed by atoms with Crippen LogP contribution in [0.25, 0.3) is 0 Å². The topological polar surface area (TPSA) is 18.5 Å². The van der Waals surface area contributed by atoms with Gasteiger partial charge in [-0.1, -0.05) is 18.9 Å². The Bertz CT molecular complexity index is 598. The Morgan fingerprint density at radius 3 is 1.96 bits per heavy atom. The van der Waals surface area contributed by atoms with E-state index in [9.17, 15) is 8.78 Å². The summed E-state index contributed by atoms with van der Waals surface area (Å²) in [7, 11) is 0. The lowest BCUT2D eigenvalue weighted by atomic mass is 9.68. The van der Waals surface area contributed by atoms with Crippen molar-refractivity contribution in [2.75, 3.05) is 13.2 Å². The molecule has 0 aromatic heterocycles. The van der Waals surface area contributed by atoms with Crippen molar-refractivity contribution in [2.45, 2.75) is 70.5 Å². The predicted molar refractivity (Wildman–Crippen MR) is 101 cm³/mol. The average Bonchev–Trinajstić information content (AvgIpc) is 3.24. The van der Waals surface area contributed by atoms with Gasteiger partial charge < -0.3 is 9.47 Å². The fraction of sp³-hybridized carbons (Fsp3) is 0.739. The highest BCUT2D eigenvalue weighted by atomic mass is 19.2. The molecule has 0 N–H and O–H groups in total. The van der Waals surface area contributed by atoms with E-state index >= 15 is 0 Å². The molecule has 3 aliphatic rings. The van der Waals surface area contributed by atoms with Gasteiger partial charge in [0.25, 0.3) is 0 Å². The summed E-state index contributed by atoms with van der Waals surface area (Å²) in [6.07, 6.45) is 12.5. The third kappa shape index (κ3) is 4.89. The van der Waals surface area contributed by atoms with Crippen LogP contribution in [-0.2, 0) is 15.9 Å². The van der Waals surface area contributed by atoms with E-state index < -0.39 is 11.6 Å². The van der Waals surface area contributed by atoms with Gasteiger partial charge in [0.05, 0.1) is 13.2 Å². The molecular weight excluding hydrogens is 346 g/mol. The molecule has 150 valence electrons. The van der Waals surface area contributed by atoms with Crippen LogP contribution >= 0.6 is 0 Å². The molecule has 1 heterocycles. The molecule has 0 radical (unpaired) electrons. The van der Waals surface area contributed by atoms with Crippen LogP contribution in [0.4, 0.5) is 8.78 Å². The minimum absolute atomic E-state index is 0.0676. The molecule has 2 nitrogen and oxygen atoms in total. The van der Waals surface area contributed by atoms with Gasteiger partial charge in [-0.05, 0) is 86.8 Å². The Hall–Kier alpha value is -1.00. The first-order valence-electron chi connectivity index (χ1n) is 10.9. The second-order valence-electron chi connectivity index (χ2n) is 8.85. The normalized spacial score (nSPS) is 32.7. The van der Waals surface area contributed by atoms with E-state index in [1.807, 2.05) is 0 Å². The first kappa shape index (κ1) is 19.3. The molecule has 1 aromatic rings. The van der Waals surface area contributed by atoms with Crippen LogP contribution in [-0.4, -0.2) is 19.5 Å². The quantitative estimate of drug-likeness (QED) is 0.637. The highest BCUT2D eigenvalue weighted by Gasteiger charge is 2.35. The van der Waals surface area contributed by atoms with Crippen molar-refractivity contribution >= 4 is 0 Å². The van der Waals surface area contributed by atoms with Crippen LogP contribution in [0.5, 0.6) is 0 Å². The zero-order chi connectivity index (χ0) is 18.6. The molecule has 0 amide bonds. The number of benzene rings is 1. The summed E-state index contributed by atoms with van der Waals surface area (Å²) in [5.41, 5.74) is 0.922. The van der Waals surface area contributed by atoms with E-state index in [1.54, 1.807) is 6.07 Å². The van der Waals surface area contributed by atoms with E-state index in [0.717, 1.165) is 49.4 Å². The summed E-state index contributed by atoms with van der Waals surface area (Å²) in [5, 5.41) is 0. The summed E-state index contributed by atoms with van der Waals surface area (Å²) in [5.74, 6) is 1.65. The summed E-state index contributed by atoms with van der Waals surface area (Å²) in [4.78, 5) is 0. The lowest BCUT2D eigenvalue weighted by Gasteiger charge is -2.38. The van der Waals surface area contributed by atoms with E-state index in [2.05, 4.69) is 0 Å². The van der Waals surface area contributed by atoms with Crippen LogP contribution in [0.2, 0.25) is 0 Å². The van der Waals surface area contributed by atoms with Crippen LogP contribution in [0.3, 0.4) is 0 Å². The average molecular weight is 379 g/mol. The van der Waals surface area contributed by atoms with E-state index in [0.29, 0.717) is 5.92 Å². The number of ether oxygens (including phenoxy) is 2. The highest BCUT2D eigenvalue weighted by molar-refractivity contribution is 5.17. The maximum Gasteiger partial charge on any atom is 0.160 e. The molecule has 4 rings (SSSR count). The zero-order valence-corrected chi connectivity index (χ0v) is 16.2. The van der Waals surface area contributed by atoms with Gasteiger partial charge in [-0.25, -0.2) is 8.78 Å². The summed E-state index contributed by atoms with van der Waals surface area (Å²) >= 11 is 0. The second-order valence-corrected chi connectivity index (χ2v) is 8.85. The Kier molecular flexibility index (Phi) is 6.44.